The topological polar surface area (TPSA) is 58.4 Å². The zero-order valence-electron chi connectivity index (χ0n) is 9.83. The van der Waals surface area contributed by atoms with E-state index in [2.05, 4.69) is 17.1 Å². The molecule has 1 unspecified atom stereocenters. The molecule has 4 heteroatoms. The molecule has 0 radical (unpaired) electrons. The summed E-state index contributed by atoms with van der Waals surface area (Å²) in [5.41, 5.74) is 5.81. The number of hydrogen-bond donors (Lipinski definition) is 2. The lowest BCUT2D eigenvalue weighted by Gasteiger charge is -2.22. The third-order valence-electron chi connectivity index (χ3n) is 3.01. The van der Waals surface area contributed by atoms with Gasteiger partial charge < -0.3 is 11.1 Å². The first-order valence-corrected chi connectivity index (χ1v) is 5.92. The standard InChI is InChI=1S/C11H23N3O/c1-3-4-6-13-11(15)9(2)14-7-5-10(12)8-14/h9-10H,3-8,12H2,1-2H3,(H,13,15)/t9?,10-/m1/s1. The molecular formula is C11H23N3O. The second-order valence-electron chi connectivity index (χ2n) is 4.36. The van der Waals surface area contributed by atoms with Gasteiger partial charge in [0.2, 0.25) is 5.91 Å². The molecule has 1 aliphatic heterocycles. The van der Waals surface area contributed by atoms with Crippen molar-refractivity contribution in [2.45, 2.75) is 45.2 Å². The van der Waals surface area contributed by atoms with Crippen LogP contribution in [0.2, 0.25) is 0 Å². The van der Waals surface area contributed by atoms with E-state index in [1.165, 1.54) is 0 Å². The monoisotopic (exact) mass is 213 g/mol. The third-order valence-corrected chi connectivity index (χ3v) is 3.01. The first-order chi connectivity index (χ1) is 7.15. The molecule has 1 rings (SSSR count). The number of carbonyl (C=O) groups excluding carboxylic acids is 1. The average Bonchev–Trinajstić information content (AvgIpc) is 2.64. The fourth-order valence-electron chi connectivity index (χ4n) is 1.87. The maximum atomic E-state index is 11.7. The molecule has 3 N–H and O–H groups in total. The number of rotatable bonds is 5. The molecular weight excluding hydrogens is 190 g/mol. The number of unbranched alkanes of at least 4 members (excludes halogenated alkanes) is 1. The van der Waals surface area contributed by atoms with Gasteiger partial charge in [-0.15, -0.1) is 0 Å². The molecule has 0 aliphatic carbocycles. The molecule has 1 aliphatic rings. The number of nitrogens with one attached hydrogen (secondary N) is 1. The molecule has 1 fully saturated rings. The first kappa shape index (κ1) is 12.5. The van der Waals surface area contributed by atoms with Gasteiger partial charge in [-0.3, -0.25) is 9.69 Å². The van der Waals surface area contributed by atoms with Crippen molar-refractivity contribution in [3.05, 3.63) is 0 Å². The van der Waals surface area contributed by atoms with Crippen LogP contribution in [0.1, 0.15) is 33.1 Å². The van der Waals surface area contributed by atoms with E-state index in [-0.39, 0.29) is 18.0 Å². The third kappa shape index (κ3) is 3.80. The highest BCUT2D eigenvalue weighted by atomic mass is 16.2. The van der Waals surface area contributed by atoms with Gasteiger partial charge >= 0.3 is 0 Å². The van der Waals surface area contributed by atoms with Crippen LogP contribution in [0.5, 0.6) is 0 Å². The van der Waals surface area contributed by atoms with Crippen LogP contribution in [0, 0.1) is 0 Å². The second-order valence-corrected chi connectivity index (χ2v) is 4.36. The van der Waals surface area contributed by atoms with Crippen molar-refractivity contribution in [2.24, 2.45) is 5.73 Å². The molecule has 0 saturated carbocycles. The van der Waals surface area contributed by atoms with Crippen molar-refractivity contribution in [3.8, 4) is 0 Å². The summed E-state index contributed by atoms with van der Waals surface area (Å²) in [6, 6.07) is 0.214. The minimum Gasteiger partial charge on any atom is -0.355 e. The Hall–Kier alpha value is -0.610. The summed E-state index contributed by atoms with van der Waals surface area (Å²) in [7, 11) is 0. The van der Waals surface area contributed by atoms with Crippen LogP contribution >= 0.6 is 0 Å². The lowest BCUT2D eigenvalue weighted by atomic mass is 10.2. The summed E-state index contributed by atoms with van der Waals surface area (Å²) < 4.78 is 0. The Bertz CT molecular complexity index is 208. The van der Waals surface area contributed by atoms with E-state index < -0.39 is 0 Å². The number of nitrogens with two attached hydrogens (primary N) is 1. The first-order valence-electron chi connectivity index (χ1n) is 5.92. The van der Waals surface area contributed by atoms with Gasteiger partial charge in [-0.05, 0) is 19.8 Å². The van der Waals surface area contributed by atoms with Crippen LogP contribution < -0.4 is 11.1 Å². The maximum absolute atomic E-state index is 11.7. The molecule has 0 aromatic carbocycles. The molecule has 15 heavy (non-hydrogen) atoms. The Morgan fingerprint density at radius 3 is 2.93 bits per heavy atom. The lowest BCUT2D eigenvalue weighted by molar-refractivity contribution is -0.125. The number of nitrogens with zero attached hydrogens (tertiary/aromatic N) is 1. The molecule has 0 aromatic rings. The van der Waals surface area contributed by atoms with Crippen LogP contribution in [0.4, 0.5) is 0 Å². The highest BCUT2D eigenvalue weighted by Crippen LogP contribution is 2.10. The Labute approximate surface area is 92.2 Å². The predicted octanol–water partition coefficient (Wildman–Crippen LogP) is 0.324. The van der Waals surface area contributed by atoms with Gasteiger partial charge in [0.05, 0.1) is 6.04 Å². The second kappa shape index (κ2) is 6.08. The van der Waals surface area contributed by atoms with E-state index >= 15 is 0 Å². The SMILES string of the molecule is CCCCNC(=O)C(C)N1CC[C@@H](N)C1. The van der Waals surface area contributed by atoms with E-state index in [0.717, 1.165) is 38.9 Å². The van der Waals surface area contributed by atoms with Crippen molar-refractivity contribution in [1.82, 2.24) is 10.2 Å². The van der Waals surface area contributed by atoms with Crippen LogP contribution in [0.25, 0.3) is 0 Å². The van der Waals surface area contributed by atoms with E-state index in [4.69, 9.17) is 5.73 Å². The lowest BCUT2D eigenvalue weighted by Crippen LogP contribution is -2.45. The quantitative estimate of drug-likeness (QED) is 0.647. The van der Waals surface area contributed by atoms with Gasteiger partial charge in [0.25, 0.3) is 0 Å². The Morgan fingerprint density at radius 2 is 2.40 bits per heavy atom. The van der Waals surface area contributed by atoms with Gasteiger partial charge in [-0.1, -0.05) is 13.3 Å². The van der Waals surface area contributed by atoms with Gasteiger partial charge in [0.1, 0.15) is 0 Å². The summed E-state index contributed by atoms with van der Waals surface area (Å²) in [6.45, 7) is 6.67. The minimum atomic E-state index is -0.0320. The van der Waals surface area contributed by atoms with Gasteiger partial charge in [-0.2, -0.15) is 0 Å². The van der Waals surface area contributed by atoms with E-state index in [1.54, 1.807) is 0 Å². The van der Waals surface area contributed by atoms with E-state index in [9.17, 15) is 4.79 Å². The minimum absolute atomic E-state index is 0.0320. The predicted molar refractivity (Wildman–Crippen MR) is 61.5 cm³/mol. The normalized spacial score (nSPS) is 24.1. The van der Waals surface area contributed by atoms with Crippen LogP contribution in [-0.2, 0) is 4.79 Å². The number of carbonyl (C=O) groups is 1. The number of hydrogen-bond acceptors (Lipinski definition) is 3. The van der Waals surface area contributed by atoms with Crippen LogP contribution in [0.3, 0.4) is 0 Å². The molecule has 4 nitrogen and oxygen atoms in total. The molecule has 0 aromatic heterocycles. The molecule has 1 amide bonds. The largest absolute Gasteiger partial charge is 0.355 e. The fourth-order valence-corrected chi connectivity index (χ4v) is 1.87. The molecule has 0 spiro atoms. The molecule has 2 atom stereocenters. The van der Waals surface area contributed by atoms with Gasteiger partial charge in [0, 0.05) is 25.7 Å². The number of likely N-dealkylation sites (tertiary alicyclic amines) is 1. The van der Waals surface area contributed by atoms with Crippen molar-refractivity contribution < 1.29 is 4.79 Å². The van der Waals surface area contributed by atoms with Crippen LogP contribution in [-0.4, -0.2) is 42.5 Å². The summed E-state index contributed by atoms with van der Waals surface area (Å²) in [4.78, 5) is 13.9. The van der Waals surface area contributed by atoms with Crippen LogP contribution in [0.15, 0.2) is 0 Å². The molecule has 0 bridgehead atoms. The van der Waals surface area contributed by atoms with E-state index in [0.29, 0.717) is 0 Å². The summed E-state index contributed by atoms with van der Waals surface area (Å²) in [5, 5.41) is 2.95. The number of amides is 1. The Kier molecular flexibility index (Phi) is 5.05. The molecule has 1 saturated heterocycles. The van der Waals surface area contributed by atoms with Crippen molar-refractivity contribution in [2.75, 3.05) is 19.6 Å². The Morgan fingerprint density at radius 1 is 1.67 bits per heavy atom. The maximum Gasteiger partial charge on any atom is 0.237 e. The highest BCUT2D eigenvalue weighted by Gasteiger charge is 2.27. The van der Waals surface area contributed by atoms with Gasteiger partial charge in [0.15, 0.2) is 0 Å². The summed E-state index contributed by atoms with van der Waals surface area (Å²) >= 11 is 0. The van der Waals surface area contributed by atoms with E-state index in [1.807, 2.05) is 6.92 Å². The summed E-state index contributed by atoms with van der Waals surface area (Å²) in [6.07, 6.45) is 3.17. The highest BCUT2D eigenvalue weighted by molar-refractivity contribution is 5.81. The summed E-state index contributed by atoms with van der Waals surface area (Å²) in [5.74, 6) is 0.137. The molecule has 88 valence electrons. The Balaban J connectivity index is 2.26. The molecule has 1 heterocycles. The van der Waals surface area contributed by atoms with Crippen molar-refractivity contribution >= 4 is 5.91 Å². The van der Waals surface area contributed by atoms with Crippen molar-refractivity contribution in [1.29, 1.82) is 0 Å². The van der Waals surface area contributed by atoms with Gasteiger partial charge in [-0.25, -0.2) is 0 Å². The fraction of sp³-hybridized carbons (Fsp3) is 0.909. The average molecular weight is 213 g/mol. The zero-order chi connectivity index (χ0) is 11.3. The zero-order valence-corrected chi connectivity index (χ0v) is 9.83. The van der Waals surface area contributed by atoms with Crippen molar-refractivity contribution in [3.63, 3.8) is 0 Å². The smallest absolute Gasteiger partial charge is 0.237 e.